The maximum Gasteiger partial charge on any atom is 0.316 e. The predicted molar refractivity (Wildman–Crippen MR) is 82.0 cm³/mol. The average molecular weight is 322 g/mol. The van der Waals surface area contributed by atoms with E-state index in [0.717, 1.165) is 11.8 Å². The van der Waals surface area contributed by atoms with Crippen LogP contribution in [-0.4, -0.2) is 42.9 Å². The lowest BCUT2D eigenvalue weighted by Crippen LogP contribution is -2.40. The molecule has 0 saturated heterocycles. The summed E-state index contributed by atoms with van der Waals surface area (Å²) in [5.74, 6) is -0.778. The zero-order valence-electron chi connectivity index (χ0n) is 12.1. The number of nitrogens with zero attached hydrogens (tertiary/aromatic N) is 2. The molecule has 2 amide bonds. The first-order valence-corrected chi connectivity index (χ1v) is 7.32. The number of carbonyl (C=O) groups excluding carboxylic acids is 3. The topological polar surface area (TPSA) is 85.3 Å². The monoisotopic (exact) mass is 322 g/mol. The highest BCUT2D eigenvalue weighted by Gasteiger charge is 2.30. The summed E-state index contributed by atoms with van der Waals surface area (Å²) in [4.78, 5) is 40.0. The number of anilines is 1. The van der Waals surface area contributed by atoms with Gasteiger partial charge in [-0.05, 0) is 24.3 Å². The Hall–Kier alpha value is -2.35. The molecule has 0 N–H and O–H groups in total. The molecule has 1 aromatic rings. The molecule has 1 heterocycles. The van der Waals surface area contributed by atoms with Crippen molar-refractivity contribution in [2.45, 2.75) is 6.42 Å². The smallest absolute Gasteiger partial charge is 0.316 e. The van der Waals surface area contributed by atoms with Gasteiger partial charge in [0.05, 0.1) is 25.7 Å². The summed E-state index contributed by atoms with van der Waals surface area (Å²) in [5.41, 5.74) is 0.550. The Labute approximate surface area is 131 Å². The Balaban J connectivity index is 2.27. The number of thioether (sulfide) groups is 1. The number of amides is 2. The van der Waals surface area contributed by atoms with Gasteiger partial charge in [-0.25, -0.2) is 0 Å². The standard InChI is InChI=1S/C14H14N2O5S/c1-20-10-5-3-9(4-6-10)16-12(18)7-11(17)15-14(16)22-8-13(19)21-2/h3-6H,7-8H2,1-2H3. The Kier molecular flexibility index (Phi) is 5.16. The van der Waals surface area contributed by atoms with Gasteiger partial charge in [-0.1, -0.05) is 11.8 Å². The molecule has 1 aromatic carbocycles. The molecule has 0 unspecified atom stereocenters. The number of hydrogen-bond acceptors (Lipinski definition) is 6. The molecule has 0 aliphatic carbocycles. The molecular formula is C14H14N2O5S. The number of aliphatic imine (C=N–C) groups is 1. The van der Waals surface area contributed by atoms with E-state index in [9.17, 15) is 14.4 Å². The minimum absolute atomic E-state index is 0.0391. The summed E-state index contributed by atoms with van der Waals surface area (Å²) < 4.78 is 9.61. The van der Waals surface area contributed by atoms with Gasteiger partial charge in [-0.15, -0.1) is 0 Å². The number of carbonyl (C=O) groups is 3. The molecule has 0 spiro atoms. The van der Waals surface area contributed by atoms with E-state index in [1.165, 1.54) is 12.0 Å². The second kappa shape index (κ2) is 7.08. The summed E-state index contributed by atoms with van der Waals surface area (Å²) in [6.45, 7) is 0. The lowest BCUT2D eigenvalue weighted by Gasteiger charge is -2.26. The van der Waals surface area contributed by atoms with Crippen LogP contribution in [0.5, 0.6) is 5.75 Å². The normalized spacial score (nSPS) is 14.6. The van der Waals surface area contributed by atoms with E-state index in [1.54, 1.807) is 31.4 Å². The van der Waals surface area contributed by atoms with Crippen molar-refractivity contribution in [1.29, 1.82) is 0 Å². The van der Waals surface area contributed by atoms with Crippen LogP contribution in [0.1, 0.15) is 6.42 Å². The average Bonchev–Trinajstić information content (AvgIpc) is 2.52. The van der Waals surface area contributed by atoms with Crippen molar-refractivity contribution in [3.8, 4) is 5.75 Å². The van der Waals surface area contributed by atoms with Gasteiger partial charge in [-0.2, -0.15) is 4.99 Å². The van der Waals surface area contributed by atoms with Crippen LogP contribution >= 0.6 is 11.8 Å². The minimum atomic E-state index is -0.526. The maximum atomic E-state index is 12.1. The van der Waals surface area contributed by atoms with Crippen molar-refractivity contribution >= 4 is 40.4 Å². The summed E-state index contributed by atoms with van der Waals surface area (Å²) in [5, 5.41) is 0.164. The van der Waals surface area contributed by atoms with E-state index in [1.807, 2.05) is 0 Å². The van der Waals surface area contributed by atoms with Gasteiger partial charge in [0.1, 0.15) is 12.2 Å². The molecule has 0 radical (unpaired) electrons. The molecule has 8 heteroatoms. The first-order valence-electron chi connectivity index (χ1n) is 6.33. The highest BCUT2D eigenvalue weighted by molar-refractivity contribution is 8.14. The zero-order valence-corrected chi connectivity index (χ0v) is 12.9. The number of methoxy groups -OCH3 is 2. The van der Waals surface area contributed by atoms with Gasteiger partial charge >= 0.3 is 5.97 Å². The maximum absolute atomic E-state index is 12.1. The Morgan fingerprint density at radius 3 is 2.55 bits per heavy atom. The van der Waals surface area contributed by atoms with E-state index in [2.05, 4.69) is 9.73 Å². The third kappa shape index (κ3) is 3.64. The molecule has 7 nitrogen and oxygen atoms in total. The molecule has 0 saturated carbocycles. The molecule has 0 aromatic heterocycles. The van der Waals surface area contributed by atoms with Crippen LogP contribution in [0.15, 0.2) is 29.3 Å². The Bertz CT molecular complexity index is 627. The van der Waals surface area contributed by atoms with Crippen molar-refractivity contribution < 1.29 is 23.9 Å². The quantitative estimate of drug-likeness (QED) is 0.612. The second-order valence-electron chi connectivity index (χ2n) is 4.26. The van der Waals surface area contributed by atoms with E-state index in [0.29, 0.717) is 11.4 Å². The van der Waals surface area contributed by atoms with Gasteiger partial charge in [0, 0.05) is 0 Å². The fourth-order valence-corrected chi connectivity index (χ4v) is 2.64. The molecule has 0 fully saturated rings. The summed E-state index contributed by atoms with van der Waals surface area (Å²) in [6.07, 6.45) is -0.297. The number of esters is 1. The van der Waals surface area contributed by atoms with Crippen molar-refractivity contribution in [3.63, 3.8) is 0 Å². The molecular weight excluding hydrogens is 308 g/mol. The molecule has 0 bridgehead atoms. The summed E-state index contributed by atoms with van der Waals surface area (Å²) in [6, 6.07) is 6.75. The third-order valence-electron chi connectivity index (χ3n) is 2.84. The van der Waals surface area contributed by atoms with Crippen LogP contribution < -0.4 is 9.64 Å². The van der Waals surface area contributed by atoms with Crippen molar-refractivity contribution in [3.05, 3.63) is 24.3 Å². The number of amidine groups is 1. The molecule has 1 aliphatic rings. The van der Waals surface area contributed by atoms with E-state index >= 15 is 0 Å². The first kappa shape index (κ1) is 16.0. The highest BCUT2D eigenvalue weighted by atomic mass is 32.2. The predicted octanol–water partition coefficient (Wildman–Crippen LogP) is 1.22. The van der Waals surface area contributed by atoms with Crippen LogP contribution in [0.2, 0.25) is 0 Å². The van der Waals surface area contributed by atoms with Gasteiger partial charge in [0.2, 0.25) is 5.91 Å². The van der Waals surface area contributed by atoms with Crippen molar-refractivity contribution in [1.82, 2.24) is 0 Å². The minimum Gasteiger partial charge on any atom is -0.497 e. The molecule has 0 atom stereocenters. The van der Waals surface area contributed by atoms with Crippen LogP contribution in [0.4, 0.5) is 5.69 Å². The Morgan fingerprint density at radius 1 is 1.27 bits per heavy atom. The Morgan fingerprint density at radius 2 is 1.95 bits per heavy atom. The lowest BCUT2D eigenvalue weighted by molar-refractivity contribution is -0.137. The van der Waals surface area contributed by atoms with Gasteiger partial charge in [0.25, 0.3) is 5.91 Å². The van der Waals surface area contributed by atoms with Crippen molar-refractivity contribution in [2.24, 2.45) is 4.99 Å². The second-order valence-corrected chi connectivity index (χ2v) is 5.20. The molecule has 116 valence electrons. The van der Waals surface area contributed by atoms with Gasteiger partial charge in [0.15, 0.2) is 5.17 Å². The van der Waals surface area contributed by atoms with E-state index < -0.39 is 17.8 Å². The van der Waals surface area contributed by atoms with Crippen LogP contribution in [0.3, 0.4) is 0 Å². The number of hydrogen-bond donors (Lipinski definition) is 0. The number of benzene rings is 1. The van der Waals surface area contributed by atoms with Crippen LogP contribution in [0.25, 0.3) is 0 Å². The molecule has 22 heavy (non-hydrogen) atoms. The lowest BCUT2D eigenvalue weighted by atomic mass is 10.2. The van der Waals surface area contributed by atoms with Gasteiger partial charge < -0.3 is 9.47 Å². The zero-order chi connectivity index (χ0) is 16.1. The van der Waals surface area contributed by atoms with Crippen LogP contribution in [0, 0.1) is 0 Å². The van der Waals surface area contributed by atoms with E-state index in [-0.39, 0.29) is 17.3 Å². The summed E-state index contributed by atoms with van der Waals surface area (Å²) in [7, 11) is 2.81. The third-order valence-corrected chi connectivity index (χ3v) is 3.75. The van der Waals surface area contributed by atoms with E-state index in [4.69, 9.17) is 4.74 Å². The number of ether oxygens (including phenoxy) is 2. The summed E-state index contributed by atoms with van der Waals surface area (Å²) >= 11 is 0.979. The highest BCUT2D eigenvalue weighted by Crippen LogP contribution is 2.26. The van der Waals surface area contributed by atoms with Crippen LogP contribution in [-0.2, 0) is 19.1 Å². The fraction of sp³-hybridized carbons (Fsp3) is 0.286. The largest absolute Gasteiger partial charge is 0.497 e. The van der Waals surface area contributed by atoms with Gasteiger partial charge in [-0.3, -0.25) is 19.3 Å². The first-order chi connectivity index (χ1) is 10.5. The molecule has 1 aliphatic heterocycles. The molecule has 2 rings (SSSR count). The fourth-order valence-electron chi connectivity index (χ4n) is 1.78. The van der Waals surface area contributed by atoms with Crippen molar-refractivity contribution in [2.75, 3.05) is 24.9 Å². The SMILES string of the molecule is COC(=O)CSC1=NC(=O)CC(=O)N1c1ccc(OC)cc1. The number of rotatable bonds is 4.